The molecule has 2 heterocycles. The van der Waals surface area contributed by atoms with Gasteiger partial charge in [-0.25, -0.2) is 0 Å². The van der Waals surface area contributed by atoms with Gasteiger partial charge in [0, 0.05) is 18.0 Å². The Bertz CT molecular complexity index is 753. The number of nitrogen functional groups attached to an aromatic ring is 1. The van der Waals surface area contributed by atoms with Gasteiger partial charge >= 0.3 is 0 Å². The molecule has 4 nitrogen and oxygen atoms in total. The Labute approximate surface area is 121 Å². The number of halogens is 1. The first-order valence-corrected chi connectivity index (χ1v) is 6.47. The first-order valence-electron chi connectivity index (χ1n) is 6.09. The van der Waals surface area contributed by atoms with E-state index >= 15 is 0 Å². The van der Waals surface area contributed by atoms with Crippen LogP contribution in [0.2, 0.25) is 5.02 Å². The van der Waals surface area contributed by atoms with Crippen LogP contribution < -0.4 is 5.73 Å². The summed E-state index contributed by atoms with van der Waals surface area (Å²) in [6, 6.07) is 9.49. The van der Waals surface area contributed by atoms with Gasteiger partial charge in [-0.05, 0) is 30.2 Å². The lowest BCUT2D eigenvalue weighted by molar-refractivity contribution is 0.439. The third kappa shape index (κ3) is 2.04. The number of nitrogens with zero attached hydrogens (tertiary/aromatic N) is 2. The van der Waals surface area contributed by atoms with Crippen LogP contribution in [0.3, 0.4) is 0 Å². The second kappa shape index (κ2) is 4.98. The van der Waals surface area contributed by atoms with Crippen molar-refractivity contribution in [2.24, 2.45) is 0 Å². The Morgan fingerprint density at radius 3 is 2.65 bits per heavy atom. The summed E-state index contributed by atoms with van der Waals surface area (Å²) in [7, 11) is 0. The van der Waals surface area contributed by atoms with Crippen LogP contribution in [0, 0.1) is 6.92 Å². The highest BCUT2D eigenvalue weighted by atomic mass is 35.5. The molecule has 0 aliphatic heterocycles. The van der Waals surface area contributed by atoms with Gasteiger partial charge in [-0.2, -0.15) is 0 Å². The number of aryl methyl sites for hydroxylation is 1. The number of pyridine rings is 1. The van der Waals surface area contributed by atoms with E-state index in [-0.39, 0.29) is 5.88 Å². The normalized spacial score (nSPS) is 10.7. The highest BCUT2D eigenvalue weighted by molar-refractivity contribution is 6.34. The Kier molecular flexibility index (Phi) is 3.16. The topological polar surface area (TPSA) is 64.9 Å². The molecule has 0 fully saturated rings. The molecule has 3 aromatic rings. The molecule has 3 rings (SSSR count). The highest BCUT2D eigenvalue weighted by Crippen LogP contribution is 2.39. The van der Waals surface area contributed by atoms with E-state index in [4.69, 9.17) is 21.9 Å². The molecule has 5 heteroatoms. The number of hydrogen-bond donors (Lipinski definition) is 1. The van der Waals surface area contributed by atoms with Crippen molar-refractivity contribution in [3.63, 3.8) is 0 Å². The summed E-state index contributed by atoms with van der Waals surface area (Å²) in [6.07, 6.45) is 3.40. The molecule has 20 heavy (non-hydrogen) atoms. The first-order chi connectivity index (χ1) is 9.68. The van der Waals surface area contributed by atoms with Crippen LogP contribution in [0.15, 0.2) is 47.2 Å². The first kappa shape index (κ1) is 12.7. The largest absolute Gasteiger partial charge is 0.367 e. The van der Waals surface area contributed by atoms with E-state index in [2.05, 4.69) is 10.1 Å². The van der Waals surface area contributed by atoms with E-state index in [1.807, 2.05) is 37.3 Å². The summed E-state index contributed by atoms with van der Waals surface area (Å²) in [5, 5.41) is 4.71. The molecule has 0 aliphatic carbocycles. The summed E-state index contributed by atoms with van der Waals surface area (Å²) in [5.41, 5.74) is 9.96. The fourth-order valence-electron chi connectivity index (χ4n) is 2.11. The molecular formula is C15H12ClN3O. The summed E-state index contributed by atoms with van der Waals surface area (Å²) < 4.78 is 5.15. The van der Waals surface area contributed by atoms with Gasteiger partial charge in [0.25, 0.3) is 0 Å². The van der Waals surface area contributed by atoms with Crippen molar-refractivity contribution in [1.82, 2.24) is 10.1 Å². The van der Waals surface area contributed by atoms with Crippen LogP contribution in [0.1, 0.15) is 5.56 Å². The molecule has 1 aromatic carbocycles. The molecule has 0 aliphatic rings. The monoisotopic (exact) mass is 285 g/mol. The minimum Gasteiger partial charge on any atom is -0.367 e. The van der Waals surface area contributed by atoms with E-state index in [1.165, 1.54) is 0 Å². The number of rotatable bonds is 2. The Balaban J connectivity index is 2.24. The van der Waals surface area contributed by atoms with E-state index in [9.17, 15) is 0 Å². The fraction of sp³-hybridized carbons (Fsp3) is 0.0667. The molecule has 2 N–H and O–H groups in total. The number of benzene rings is 1. The van der Waals surface area contributed by atoms with Crippen molar-refractivity contribution in [3.05, 3.63) is 53.3 Å². The Morgan fingerprint density at radius 2 is 1.90 bits per heavy atom. The minimum atomic E-state index is 0.267. The van der Waals surface area contributed by atoms with Crippen LogP contribution in [-0.2, 0) is 0 Å². The van der Waals surface area contributed by atoms with Crippen molar-refractivity contribution < 1.29 is 4.52 Å². The van der Waals surface area contributed by atoms with Crippen LogP contribution in [0.4, 0.5) is 5.88 Å². The maximum absolute atomic E-state index is 6.36. The molecule has 2 aromatic heterocycles. The van der Waals surface area contributed by atoms with Gasteiger partial charge in [0.1, 0.15) is 5.69 Å². The lowest BCUT2D eigenvalue weighted by Crippen LogP contribution is -1.89. The standard InChI is InChI=1S/C15H12ClN3O/c1-9-3-2-4-11(13(9)16)14-12(15(17)20-19-14)10-5-7-18-8-6-10/h2-8H,17H2,1H3. The van der Waals surface area contributed by atoms with Gasteiger partial charge in [-0.3, -0.25) is 4.98 Å². The van der Waals surface area contributed by atoms with Crippen molar-refractivity contribution in [2.75, 3.05) is 5.73 Å². The molecule has 0 bridgehead atoms. The highest BCUT2D eigenvalue weighted by Gasteiger charge is 2.19. The SMILES string of the molecule is Cc1cccc(-c2noc(N)c2-c2ccncc2)c1Cl. The van der Waals surface area contributed by atoms with Crippen LogP contribution in [0.25, 0.3) is 22.4 Å². The van der Waals surface area contributed by atoms with Crippen molar-refractivity contribution in [3.8, 4) is 22.4 Å². The van der Waals surface area contributed by atoms with E-state index in [0.717, 1.165) is 22.3 Å². The zero-order valence-corrected chi connectivity index (χ0v) is 11.6. The summed E-state index contributed by atoms with van der Waals surface area (Å²) >= 11 is 6.36. The zero-order chi connectivity index (χ0) is 14.1. The molecule has 0 amide bonds. The van der Waals surface area contributed by atoms with Gasteiger partial charge in [0.05, 0.1) is 10.6 Å². The zero-order valence-electron chi connectivity index (χ0n) is 10.8. The van der Waals surface area contributed by atoms with E-state index in [1.54, 1.807) is 12.4 Å². The van der Waals surface area contributed by atoms with Crippen molar-refractivity contribution in [2.45, 2.75) is 6.92 Å². The molecule has 100 valence electrons. The second-order valence-corrected chi connectivity index (χ2v) is 4.82. The average molecular weight is 286 g/mol. The quantitative estimate of drug-likeness (QED) is 0.774. The number of hydrogen-bond acceptors (Lipinski definition) is 4. The summed E-state index contributed by atoms with van der Waals surface area (Å²) in [4.78, 5) is 4.00. The van der Waals surface area contributed by atoms with Crippen molar-refractivity contribution in [1.29, 1.82) is 0 Å². The molecule has 0 spiro atoms. The van der Waals surface area contributed by atoms with Crippen LogP contribution >= 0.6 is 11.6 Å². The van der Waals surface area contributed by atoms with Crippen molar-refractivity contribution >= 4 is 17.5 Å². The molecule has 0 saturated carbocycles. The fourth-order valence-corrected chi connectivity index (χ4v) is 2.33. The second-order valence-electron chi connectivity index (χ2n) is 4.44. The number of nitrogens with two attached hydrogens (primary N) is 1. The number of aromatic nitrogens is 2. The maximum atomic E-state index is 6.36. The lowest BCUT2D eigenvalue weighted by Gasteiger charge is -2.06. The predicted molar refractivity (Wildman–Crippen MR) is 79.3 cm³/mol. The summed E-state index contributed by atoms with van der Waals surface area (Å²) in [5.74, 6) is 0.267. The average Bonchev–Trinajstić information content (AvgIpc) is 2.84. The third-order valence-electron chi connectivity index (χ3n) is 3.13. The maximum Gasteiger partial charge on any atom is 0.230 e. The van der Waals surface area contributed by atoms with Gasteiger partial charge in [-0.1, -0.05) is 35.0 Å². The Hall–Kier alpha value is -2.33. The van der Waals surface area contributed by atoms with Crippen LogP contribution in [0.5, 0.6) is 0 Å². The summed E-state index contributed by atoms with van der Waals surface area (Å²) in [6.45, 7) is 1.95. The van der Waals surface area contributed by atoms with E-state index < -0.39 is 0 Å². The molecule has 0 saturated heterocycles. The van der Waals surface area contributed by atoms with Gasteiger partial charge in [-0.15, -0.1) is 0 Å². The number of anilines is 1. The van der Waals surface area contributed by atoms with Gasteiger partial charge in [0.2, 0.25) is 5.88 Å². The Morgan fingerprint density at radius 1 is 1.15 bits per heavy atom. The lowest BCUT2D eigenvalue weighted by atomic mass is 10.0. The van der Waals surface area contributed by atoms with Gasteiger partial charge in [0.15, 0.2) is 0 Å². The molecular weight excluding hydrogens is 274 g/mol. The van der Waals surface area contributed by atoms with Gasteiger partial charge < -0.3 is 10.3 Å². The predicted octanol–water partition coefficient (Wildman–Crippen LogP) is 3.95. The third-order valence-corrected chi connectivity index (χ3v) is 3.64. The van der Waals surface area contributed by atoms with Crippen LogP contribution in [-0.4, -0.2) is 10.1 Å². The smallest absolute Gasteiger partial charge is 0.230 e. The van der Waals surface area contributed by atoms with E-state index in [0.29, 0.717) is 10.7 Å². The molecule has 0 unspecified atom stereocenters. The minimum absolute atomic E-state index is 0.267. The molecule has 0 radical (unpaired) electrons. The molecule has 0 atom stereocenters.